The number of rotatable bonds is 2. The maximum atomic E-state index is 11.4. The first-order valence-electron chi connectivity index (χ1n) is 6.62. The summed E-state index contributed by atoms with van der Waals surface area (Å²) in [5.74, 6) is -0.747. The van der Waals surface area contributed by atoms with Gasteiger partial charge in [0.2, 0.25) is 0 Å². The molecule has 2 N–H and O–H groups in total. The Morgan fingerprint density at radius 3 is 2.56 bits per heavy atom. The van der Waals surface area contributed by atoms with Gasteiger partial charge in [-0.3, -0.25) is 9.69 Å². The van der Waals surface area contributed by atoms with Gasteiger partial charge < -0.3 is 15.2 Å². The molecule has 5 heteroatoms. The van der Waals surface area contributed by atoms with Crippen molar-refractivity contribution >= 4 is 5.97 Å². The largest absolute Gasteiger partial charge is 0.480 e. The minimum atomic E-state index is -0.747. The normalized spacial score (nSPS) is 35.6. The Kier molecular flexibility index (Phi) is 3.42. The van der Waals surface area contributed by atoms with Crippen molar-refractivity contribution < 1.29 is 14.6 Å². The number of nitrogens with zero attached hydrogens (tertiary/aromatic N) is 1. The van der Waals surface area contributed by atoms with E-state index in [0.717, 1.165) is 19.5 Å². The Morgan fingerprint density at radius 1 is 1.39 bits per heavy atom. The molecule has 2 aliphatic heterocycles. The minimum absolute atomic E-state index is 0.163. The third-order valence-corrected chi connectivity index (χ3v) is 4.00. The molecule has 2 rings (SSSR count). The van der Waals surface area contributed by atoms with Crippen LogP contribution in [0.5, 0.6) is 0 Å². The molecule has 2 saturated heterocycles. The first-order valence-corrected chi connectivity index (χ1v) is 6.62. The zero-order valence-electron chi connectivity index (χ0n) is 11.7. The lowest BCUT2D eigenvalue weighted by Gasteiger charge is -2.42. The predicted molar refractivity (Wildman–Crippen MR) is 68.6 cm³/mol. The molecule has 2 heterocycles. The second-order valence-corrected chi connectivity index (χ2v) is 6.48. The summed E-state index contributed by atoms with van der Waals surface area (Å²) >= 11 is 0. The highest BCUT2D eigenvalue weighted by Gasteiger charge is 2.50. The maximum absolute atomic E-state index is 11.4. The Morgan fingerprint density at radius 2 is 2.06 bits per heavy atom. The molecule has 0 saturated carbocycles. The fourth-order valence-electron chi connectivity index (χ4n) is 3.37. The summed E-state index contributed by atoms with van der Waals surface area (Å²) in [5.41, 5.74) is -0.476. The zero-order valence-corrected chi connectivity index (χ0v) is 11.7. The number of aliphatic carboxylic acids is 1. The van der Waals surface area contributed by atoms with Crippen molar-refractivity contribution in [2.24, 2.45) is 0 Å². The third-order valence-electron chi connectivity index (χ3n) is 4.00. The van der Waals surface area contributed by atoms with E-state index >= 15 is 0 Å². The summed E-state index contributed by atoms with van der Waals surface area (Å²) in [6.45, 7) is 10.4. The molecule has 0 aromatic rings. The molecule has 0 bridgehead atoms. The van der Waals surface area contributed by atoms with Crippen molar-refractivity contribution in [2.75, 3.05) is 19.6 Å². The van der Waals surface area contributed by atoms with Gasteiger partial charge in [-0.25, -0.2) is 0 Å². The summed E-state index contributed by atoms with van der Waals surface area (Å²) in [5, 5.41) is 12.5. The van der Waals surface area contributed by atoms with Gasteiger partial charge in [0, 0.05) is 25.7 Å². The lowest BCUT2D eigenvalue weighted by atomic mass is 9.91. The Balaban J connectivity index is 2.21. The van der Waals surface area contributed by atoms with Crippen LogP contribution in [0, 0.1) is 0 Å². The SMILES string of the molecule is CC1(C)CC(N2CCNCC2C(=O)O)C(C)(C)O1. The van der Waals surface area contributed by atoms with Crippen LogP contribution >= 0.6 is 0 Å². The lowest BCUT2D eigenvalue weighted by Crippen LogP contribution is -2.61. The molecule has 18 heavy (non-hydrogen) atoms. The van der Waals surface area contributed by atoms with Gasteiger partial charge in [0.15, 0.2) is 0 Å². The van der Waals surface area contributed by atoms with E-state index in [9.17, 15) is 9.90 Å². The van der Waals surface area contributed by atoms with Gasteiger partial charge >= 0.3 is 5.97 Å². The number of piperazine rings is 1. The second kappa shape index (κ2) is 4.47. The summed E-state index contributed by atoms with van der Waals surface area (Å²) in [7, 11) is 0. The van der Waals surface area contributed by atoms with Crippen LogP contribution in [0.4, 0.5) is 0 Å². The topological polar surface area (TPSA) is 61.8 Å². The van der Waals surface area contributed by atoms with Crippen molar-refractivity contribution in [3.8, 4) is 0 Å². The van der Waals surface area contributed by atoms with Gasteiger partial charge in [0.25, 0.3) is 0 Å². The van der Waals surface area contributed by atoms with Crippen LogP contribution in [-0.2, 0) is 9.53 Å². The number of hydrogen-bond acceptors (Lipinski definition) is 4. The number of carboxylic acid groups (broad SMARTS) is 1. The van der Waals surface area contributed by atoms with Crippen molar-refractivity contribution in [1.82, 2.24) is 10.2 Å². The fourth-order valence-corrected chi connectivity index (χ4v) is 3.37. The molecule has 0 radical (unpaired) electrons. The van der Waals surface area contributed by atoms with Crippen LogP contribution in [0.3, 0.4) is 0 Å². The Hall–Kier alpha value is -0.650. The van der Waals surface area contributed by atoms with Crippen LogP contribution < -0.4 is 5.32 Å². The highest BCUT2D eigenvalue weighted by atomic mass is 16.5. The molecule has 0 spiro atoms. The van der Waals surface area contributed by atoms with Gasteiger partial charge in [0.1, 0.15) is 6.04 Å². The summed E-state index contributed by atoms with van der Waals surface area (Å²) in [4.78, 5) is 13.5. The van der Waals surface area contributed by atoms with Crippen LogP contribution in [-0.4, -0.2) is 58.9 Å². The number of hydrogen-bond donors (Lipinski definition) is 2. The van der Waals surface area contributed by atoms with E-state index in [1.807, 2.05) is 0 Å². The standard InChI is InChI=1S/C13H24N2O3/c1-12(2)7-10(13(3,4)18-12)15-6-5-14-8-9(15)11(16)17/h9-10,14H,5-8H2,1-4H3,(H,16,17). The predicted octanol–water partition coefficient (Wildman–Crippen LogP) is 0.691. The molecule has 2 atom stereocenters. The molecule has 104 valence electrons. The van der Waals surface area contributed by atoms with E-state index in [4.69, 9.17) is 4.74 Å². The molecule has 0 aromatic heterocycles. The Labute approximate surface area is 108 Å². The molecule has 2 unspecified atom stereocenters. The summed E-state index contributed by atoms with van der Waals surface area (Å²) < 4.78 is 6.08. The van der Waals surface area contributed by atoms with E-state index in [1.165, 1.54) is 0 Å². The molecule has 0 aliphatic carbocycles. The molecule has 2 aliphatic rings. The number of nitrogens with one attached hydrogen (secondary N) is 1. The van der Waals surface area contributed by atoms with Crippen molar-refractivity contribution in [2.45, 2.75) is 57.4 Å². The minimum Gasteiger partial charge on any atom is -0.480 e. The number of ether oxygens (including phenoxy) is 1. The molecule has 0 amide bonds. The molecular formula is C13H24N2O3. The quantitative estimate of drug-likeness (QED) is 0.761. The van der Waals surface area contributed by atoms with Crippen LogP contribution in [0.2, 0.25) is 0 Å². The van der Waals surface area contributed by atoms with E-state index in [1.54, 1.807) is 0 Å². The smallest absolute Gasteiger partial charge is 0.322 e. The highest BCUT2D eigenvalue weighted by Crippen LogP contribution is 2.40. The average molecular weight is 256 g/mol. The summed E-state index contributed by atoms with van der Waals surface area (Å²) in [6.07, 6.45) is 0.879. The first-order chi connectivity index (χ1) is 8.23. The molecule has 5 nitrogen and oxygen atoms in total. The number of carboxylic acids is 1. The van der Waals surface area contributed by atoms with Gasteiger partial charge in [-0.15, -0.1) is 0 Å². The first kappa shape index (κ1) is 13.8. The second-order valence-electron chi connectivity index (χ2n) is 6.48. The van der Waals surface area contributed by atoms with Gasteiger partial charge in [0.05, 0.1) is 11.2 Å². The van der Waals surface area contributed by atoms with Crippen LogP contribution in [0.1, 0.15) is 34.1 Å². The molecular weight excluding hydrogens is 232 g/mol. The van der Waals surface area contributed by atoms with E-state index in [-0.39, 0.29) is 17.2 Å². The van der Waals surface area contributed by atoms with Crippen LogP contribution in [0.15, 0.2) is 0 Å². The van der Waals surface area contributed by atoms with Crippen LogP contribution in [0.25, 0.3) is 0 Å². The van der Waals surface area contributed by atoms with Gasteiger partial charge in [-0.05, 0) is 34.1 Å². The Bertz CT molecular complexity index is 341. The molecule has 0 aromatic carbocycles. The zero-order chi connectivity index (χ0) is 13.6. The van der Waals surface area contributed by atoms with Crippen molar-refractivity contribution in [1.29, 1.82) is 0 Å². The van der Waals surface area contributed by atoms with Gasteiger partial charge in [-0.1, -0.05) is 0 Å². The third kappa shape index (κ3) is 2.53. The monoisotopic (exact) mass is 256 g/mol. The maximum Gasteiger partial charge on any atom is 0.322 e. The van der Waals surface area contributed by atoms with E-state index in [0.29, 0.717) is 6.54 Å². The van der Waals surface area contributed by atoms with E-state index in [2.05, 4.69) is 37.9 Å². The summed E-state index contributed by atoms with van der Waals surface area (Å²) in [6, 6.07) is -0.281. The average Bonchev–Trinajstić information content (AvgIpc) is 2.46. The van der Waals surface area contributed by atoms with E-state index < -0.39 is 12.0 Å². The fraction of sp³-hybridized carbons (Fsp3) is 0.923. The highest BCUT2D eigenvalue weighted by molar-refractivity contribution is 5.74. The lowest BCUT2D eigenvalue weighted by molar-refractivity contribution is -0.147. The van der Waals surface area contributed by atoms with Crippen molar-refractivity contribution in [3.63, 3.8) is 0 Å². The van der Waals surface area contributed by atoms with Gasteiger partial charge in [-0.2, -0.15) is 0 Å². The molecule has 2 fully saturated rings. The number of carbonyl (C=O) groups is 1. The van der Waals surface area contributed by atoms with Crippen molar-refractivity contribution in [3.05, 3.63) is 0 Å².